The van der Waals surface area contributed by atoms with E-state index < -0.39 is 0 Å². The second-order valence-electron chi connectivity index (χ2n) is 5.02. The van der Waals surface area contributed by atoms with Gasteiger partial charge < -0.3 is 10.5 Å². The third-order valence-electron chi connectivity index (χ3n) is 3.37. The number of aryl methyl sites for hydroxylation is 1. The monoisotopic (exact) mass is 285 g/mol. The first-order chi connectivity index (χ1) is 10.2. The Morgan fingerprint density at radius 1 is 0.952 bits per heavy atom. The van der Waals surface area contributed by atoms with E-state index in [0.717, 1.165) is 18.6 Å². The van der Waals surface area contributed by atoms with Crippen LogP contribution in [0.4, 0.5) is 0 Å². The zero-order valence-corrected chi connectivity index (χ0v) is 13.4. The van der Waals surface area contributed by atoms with E-state index >= 15 is 0 Å². The van der Waals surface area contributed by atoms with Crippen LogP contribution in [0.15, 0.2) is 54.6 Å². The molecule has 0 aromatic heterocycles. The van der Waals surface area contributed by atoms with Crippen molar-refractivity contribution >= 4 is 0 Å². The Morgan fingerprint density at radius 3 is 2.05 bits per heavy atom. The normalized spacial score (nSPS) is 11.2. The smallest absolute Gasteiger partial charge is 0.118 e. The molecule has 0 aliphatic heterocycles. The summed E-state index contributed by atoms with van der Waals surface area (Å²) >= 11 is 0. The van der Waals surface area contributed by atoms with Crippen LogP contribution < -0.4 is 10.5 Å². The highest BCUT2D eigenvalue weighted by molar-refractivity contribution is 5.27. The van der Waals surface area contributed by atoms with E-state index in [9.17, 15) is 0 Å². The van der Waals surface area contributed by atoms with Crippen molar-refractivity contribution in [3.63, 3.8) is 0 Å². The van der Waals surface area contributed by atoms with Crippen molar-refractivity contribution < 1.29 is 4.74 Å². The van der Waals surface area contributed by atoms with Crippen LogP contribution in [0.25, 0.3) is 0 Å². The molecular formula is C19H27NO. The number of hydrogen-bond acceptors (Lipinski definition) is 2. The number of ether oxygens (including phenoxy) is 1. The summed E-state index contributed by atoms with van der Waals surface area (Å²) in [5, 5.41) is 0. The van der Waals surface area contributed by atoms with Gasteiger partial charge in [-0.15, -0.1) is 0 Å². The van der Waals surface area contributed by atoms with Gasteiger partial charge in [0.25, 0.3) is 0 Å². The van der Waals surface area contributed by atoms with Crippen molar-refractivity contribution in [1.29, 1.82) is 0 Å². The topological polar surface area (TPSA) is 35.2 Å². The fourth-order valence-corrected chi connectivity index (χ4v) is 2.02. The summed E-state index contributed by atoms with van der Waals surface area (Å²) in [5.41, 5.74) is 8.40. The van der Waals surface area contributed by atoms with Crippen LogP contribution in [0.1, 0.15) is 43.9 Å². The van der Waals surface area contributed by atoms with Crippen LogP contribution in [0.2, 0.25) is 0 Å². The summed E-state index contributed by atoms with van der Waals surface area (Å²) in [6.07, 6.45) is 3.36. The lowest BCUT2D eigenvalue weighted by Crippen LogP contribution is -2.07. The average Bonchev–Trinajstić information content (AvgIpc) is 2.56. The third-order valence-corrected chi connectivity index (χ3v) is 3.37. The van der Waals surface area contributed by atoms with Gasteiger partial charge in [0.15, 0.2) is 0 Å². The Morgan fingerprint density at radius 2 is 1.57 bits per heavy atom. The molecule has 0 radical (unpaired) electrons. The molecule has 0 aliphatic rings. The molecule has 0 aliphatic carbocycles. The molecule has 21 heavy (non-hydrogen) atoms. The van der Waals surface area contributed by atoms with Crippen molar-refractivity contribution in [2.75, 3.05) is 7.11 Å². The van der Waals surface area contributed by atoms with Crippen LogP contribution in [-0.2, 0) is 6.42 Å². The minimum absolute atomic E-state index is 0.209. The van der Waals surface area contributed by atoms with Gasteiger partial charge in [-0.2, -0.15) is 0 Å². The van der Waals surface area contributed by atoms with Crippen molar-refractivity contribution in [3.05, 3.63) is 65.7 Å². The molecule has 0 fully saturated rings. The summed E-state index contributed by atoms with van der Waals surface area (Å²) in [5.74, 6) is 0.935. The van der Waals surface area contributed by atoms with Gasteiger partial charge in [-0.1, -0.05) is 62.7 Å². The van der Waals surface area contributed by atoms with Gasteiger partial charge in [-0.3, -0.25) is 0 Å². The van der Waals surface area contributed by atoms with Gasteiger partial charge in [0, 0.05) is 6.04 Å². The number of nitrogens with two attached hydrogens (primary N) is 1. The van der Waals surface area contributed by atoms with E-state index in [1.807, 2.05) is 30.3 Å². The average molecular weight is 285 g/mol. The molecule has 114 valence electrons. The lowest BCUT2D eigenvalue weighted by Gasteiger charge is -2.06. The standard InChI is InChI=1S/C10H14O.C9H13N/c1-3-4-9-5-7-10(11-2)8-6-9;1-2-9(10)8-6-4-3-5-7-8/h5-8H,3-4H2,1-2H3;3-7,9H,2,10H2,1H3/t;9-/m.1/s1. The second kappa shape index (κ2) is 10.0. The Hall–Kier alpha value is -1.80. The molecule has 0 bridgehead atoms. The maximum absolute atomic E-state index is 5.79. The molecule has 2 nitrogen and oxygen atoms in total. The van der Waals surface area contributed by atoms with Crippen molar-refractivity contribution in [2.24, 2.45) is 5.73 Å². The van der Waals surface area contributed by atoms with Crippen LogP contribution in [0.5, 0.6) is 5.75 Å². The van der Waals surface area contributed by atoms with E-state index in [0.29, 0.717) is 0 Å². The lowest BCUT2D eigenvalue weighted by atomic mass is 10.1. The molecule has 2 aromatic carbocycles. The summed E-state index contributed by atoms with van der Waals surface area (Å²) < 4.78 is 5.05. The molecule has 0 saturated carbocycles. The van der Waals surface area contributed by atoms with Gasteiger partial charge in [0.05, 0.1) is 7.11 Å². The molecule has 1 atom stereocenters. The first kappa shape index (κ1) is 17.3. The maximum atomic E-state index is 5.79. The second-order valence-corrected chi connectivity index (χ2v) is 5.02. The minimum atomic E-state index is 0.209. The summed E-state index contributed by atoms with van der Waals surface area (Å²) in [4.78, 5) is 0. The molecule has 2 rings (SSSR count). The minimum Gasteiger partial charge on any atom is -0.497 e. The maximum Gasteiger partial charge on any atom is 0.118 e. The zero-order valence-electron chi connectivity index (χ0n) is 13.4. The SMILES string of the molecule is CCCc1ccc(OC)cc1.CC[C@@H](N)c1ccccc1. The molecule has 2 heteroatoms. The predicted molar refractivity (Wildman–Crippen MR) is 90.7 cm³/mol. The molecule has 0 saturated heterocycles. The van der Waals surface area contributed by atoms with E-state index in [4.69, 9.17) is 10.5 Å². The van der Waals surface area contributed by atoms with Gasteiger partial charge in [-0.25, -0.2) is 0 Å². The van der Waals surface area contributed by atoms with E-state index in [-0.39, 0.29) is 6.04 Å². The summed E-state index contributed by atoms with van der Waals surface area (Å²) in [6, 6.07) is 18.6. The Kier molecular flexibility index (Phi) is 8.22. The molecule has 0 spiro atoms. The van der Waals surface area contributed by atoms with E-state index in [1.165, 1.54) is 17.5 Å². The number of methoxy groups -OCH3 is 1. The van der Waals surface area contributed by atoms with Gasteiger partial charge >= 0.3 is 0 Å². The number of rotatable bonds is 5. The number of benzene rings is 2. The Bertz CT molecular complexity index is 479. The lowest BCUT2D eigenvalue weighted by molar-refractivity contribution is 0.414. The predicted octanol–water partition coefficient (Wildman–Crippen LogP) is 4.74. The van der Waals surface area contributed by atoms with Crippen LogP contribution in [0, 0.1) is 0 Å². The van der Waals surface area contributed by atoms with Crippen molar-refractivity contribution in [1.82, 2.24) is 0 Å². The van der Waals surface area contributed by atoms with Crippen LogP contribution in [0.3, 0.4) is 0 Å². The largest absolute Gasteiger partial charge is 0.497 e. The van der Waals surface area contributed by atoms with Crippen molar-refractivity contribution in [3.8, 4) is 5.75 Å². The molecule has 2 N–H and O–H groups in total. The van der Waals surface area contributed by atoms with E-state index in [1.54, 1.807) is 7.11 Å². The van der Waals surface area contributed by atoms with Crippen LogP contribution in [-0.4, -0.2) is 7.11 Å². The third kappa shape index (κ3) is 6.46. The first-order valence-electron chi connectivity index (χ1n) is 7.64. The van der Waals surface area contributed by atoms with Gasteiger partial charge in [0.2, 0.25) is 0 Å². The fraction of sp³-hybridized carbons (Fsp3) is 0.368. The Balaban J connectivity index is 0.000000211. The molecule has 0 amide bonds. The molecule has 0 heterocycles. The van der Waals surface area contributed by atoms with Crippen LogP contribution >= 0.6 is 0 Å². The highest BCUT2D eigenvalue weighted by Crippen LogP contribution is 2.12. The molecular weight excluding hydrogens is 258 g/mol. The molecule has 0 unspecified atom stereocenters. The quantitative estimate of drug-likeness (QED) is 0.861. The van der Waals surface area contributed by atoms with Crippen molar-refractivity contribution in [2.45, 2.75) is 39.2 Å². The van der Waals surface area contributed by atoms with Gasteiger partial charge in [0.1, 0.15) is 5.75 Å². The summed E-state index contributed by atoms with van der Waals surface area (Å²) in [6.45, 7) is 4.28. The first-order valence-corrected chi connectivity index (χ1v) is 7.64. The zero-order chi connectivity index (χ0) is 15.5. The molecule has 2 aromatic rings. The Labute approximate surface area is 129 Å². The highest BCUT2D eigenvalue weighted by atomic mass is 16.5. The van der Waals surface area contributed by atoms with E-state index in [2.05, 4.69) is 38.1 Å². The number of hydrogen-bond donors (Lipinski definition) is 1. The van der Waals surface area contributed by atoms with Gasteiger partial charge in [-0.05, 0) is 36.1 Å². The highest BCUT2D eigenvalue weighted by Gasteiger charge is 1.99. The fourth-order valence-electron chi connectivity index (χ4n) is 2.02. The summed E-state index contributed by atoms with van der Waals surface area (Å²) in [7, 11) is 1.69.